The standard InChI is InChI=1S/C32H44N4O4/c1-4-14-34-17-19-35(20-18-34)15-9-13-33-31(37)29-24-10-7-8-11-25(24)32(38)36-16-12-23-21-27(39-5-2)28(40-6-3)22-26(23)30(29)36/h7-8,10-11,21-22,29-30H,4-6,9,12-20H2,1-3H3,(H,33,37)/t29-,30+/m1/s1. The monoisotopic (exact) mass is 548 g/mol. The maximum atomic E-state index is 14.0. The second kappa shape index (κ2) is 13.0. The van der Waals surface area contributed by atoms with Gasteiger partial charge in [0.2, 0.25) is 5.91 Å². The normalized spacial score (nSPS) is 20.9. The summed E-state index contributed by atoms with van der Waals surface area (Å²) in [6, 6.07) is 11.3. The number of carbonyl (C=O) groups is 2. The average Bonchev–Trinajstić information content (AvgIpc) is 2.97. The van der Waals surface area contributed by atoms with Crippen LogP contribution >= 0.6 is 0 Å². The molecule has 3 aliphatic heterocycles. The SMILES string of the molecule is CCCN1CCN(CCCNC(=O)[C@@H]2c3ccccc3C(=O)N3CCc4cc(OCC)c(OCC)cc4[C@@H]23)CC1. The van der Waals surface area contributed by atoms with E-state index in [1.165, 1.54) is 13.0 Å². The van der Waals surface area contributed by atoms with Crippen LogP contribution in [0.15, 0.2) is 36.4 Å². The Labute approximate surface area is 238 Å². The van der Waals surface area contributed by atoms with Crippen LogP contribution in [0.4, 0.5) is 0 Å². The van der Waals surface area contributed by atoms with Gasteiger partial charge in [-0.15, -0.1) is 0 Å². The first-order chi connectivity index (χ1) is 19.5. The second-order valence-corrected chi connectivity index (χ2v) is 10.9. The highest BCUT2D eigenvalue weighted by molar-refractivity contribution is 6.01. The van der Waals surface area contributed by atoms with Gasteiger partial charge in [-0.3, -0.25) is 9.59 Å². The zero-order chi connectivity index (χ0) is 28.1. The van der Waals surface area contributed by atoms with E-state index in [2.05, 4.69) is 22.0 Å². The highest BCUT2D eigenvalue weighted by atomic mass is 16.5. The van der Waals surface area contributed by atoms with Crippen molar-refractivity contribution in [2.45, 2.75) is 52.0 Å². The molecule has 1 saturated heterocycles. The summed E-state index contributed by atoms with van der Waals surface area (Å²) in [5.41, 5.74) is 3.52. The van der Waals surface area contributed by atoms with Gasteiger partial charge in [-0.05, 0) is 81.1 Å². The minimum Gasteiger partial charge on any atom is -0.490 e. The number of carbonyl (C=O) groups excluding carboxylic acids is 2. The van der Waals surface area contributed by atoms with Crippen LogP contribution in [0.3, 0.4) is 0 Å². The number of hydrogen-bond acceptors (Lipinski definition) is 6. The van der Waals surface area contributed by atoms with Gasteiger partial charge in [0.25, 0.3) is 5.91 Å². The van der Waals surface area contributed by atoms with Gasteiger partial charge >= 0.3 is 0 Å². The maximum Gasteiger partial charge on any atom is 0.254 e. The van der Waals surface area contributed by atoms with E-state index in [4.69, 9.17) is 9.47 Å². The van der Waals surface area contributed by atoms with Crippen molar-refractivity contribution < 1.29 is 19.1 Å². The smallest absolute Gasteiger partial charge is 0.254 e. The van der Waals surface area contributed by atoms with Crippen LogP contribution in [0.2, 0.25) is 0 Å². The minimum atomic E-state index is -0.488. The summed E-state index contributed by atoms with van der Waals surface area (Å²) in [6.07, 6.45) is 2.82. The van der Waals surface area contributed by atoms with Gasteiger partial charge < -0.3 is 29.5 Å². The van der Waals surface area contributed by atoms with Crippen molar-refractivity contribution in [2.75, 3.05) is 65.6 Å². The van der Waals surface area contributed by atoms with Crippen LogP contribution in [0.5, 0.6) is 11.5 Å². The Balaban J connectivity index is 1.35. The molecule has 0 bridgehead atoms. The number of rotatable bonds is 11. The number of nitrogens with zero attached hydrogens (tertiary/aromatic N) is 3. The molecule has 2 aromatic rings. The van der Waals surface area contributed by atoms with Gasteiger partial charge in [0.1, 0.15) is 0 Å². The maximum absolute atomic E-state index is 14.0. The second-order valence-electron chi connectivity index (χ2n) is 10.9. The first kappa shape index (κ1) is 28.4. The van der Waals surface area contributed by atoms with Crippen molar-refractivity contribution in [3.63, 3.8) is 0 Å². The van der Waals surface area contributed by atoms with Crippen LogP contribution < -0.4 is 14.8 Å². The fraction of sp³-hybridized carbons (Fsp3) is 0.562. The molecule has 0 radical (unpaired) electrons. The molecule has 0 spiro atoms. The molecule has 2 aromatic carbocycles. The summed E-state index contributed by atoms with van der Waals surface area (Å²) in [5, 5.41) is 3.24. The van der Waals surface area contributed by atoms with Crippen molar-refractivity contribution >= 4 is 11.8 Å². The Kier molecular flexibility index (Phi) is 9.27. The van der Waals surface area contributed by atoms with E-state index >= 15 is 0 Å². The highest BCUT2D eigenvalue weighted by Crippen LogP contribution is 2.48. The van der Waals surface area contributed by atoms with Gasteiger partial charge in [-0.1, -0.05) is 25.1 Å². The quantitative estimate of drug-likeness (QED) is 0.430. The van der Waals surface area contributed by atoms with Gasteiger partial charge in [-0.25, -0.2) is 0 Å². The third kappa shape index (κ3) is 5.84. The summed E-state index contributed by atoms with van der Waals surface area (Å²) < 4.78 is 11.8. The van der Waals surface area contributed by atoms with E-state index in [-0.39, 0.29) is 17.9 Å². The first-order valence-corrected chi connectivity index (χ1v) is 15.1. The molecule has 8 heteroatoms. The van der Waals surface area contributed by atoms with E-state index < -0.39 is 5.92 Å². The van der Waals surface area contributed by atoms with E-state index in [1.54, 1.807) is 0 Å². The number of amides is 2. The third-order valence-electron chi connectivity index (χ3n) is 8.42. The van der Waals surface area contributed by atoms with Crippen molar-refractivity contribution in [1.82, 2.24) is 20.0 Å². The lowest BCUT2D eigenvalue weighted by Gasteiger charge is -2.45. The van der Waals surface area contributed by atoms with E-state index in [9.17, 15) is 9.59 Å². The third-order valence-corrected chi connectivity index (χ3v) is 8.42. The molecular weight excluding hydrogens is 504 g/mol. The van der Waals surface area contributed by atoms with Gasteiger partial charge in [0.15, 0.2) is 11.5 Å². The summed E-state index contributed by atoms with van der Waals surface area (Å²) >= 11 is 0. The predicted molar refractivity (Wildman–Crippen MR) is 156 cm³/mol. The molecule has 1 N–H and O–H groups in total. The lowest BCUT2D eigenvalue weighted by Crippen LogP contribution is -2.50. The Morgan fingerprint density at radius 2 is 1.57 bits per heavy atom. The van der Waals surface area contributed by atoms with Crippen molar-refractivity contribution in [1.29, 1.82) is 0 Å². The number of fused-ring (bicyclic) bond motifs is 4. The molecule has 8 nitrogen and oxygen atoms in total. The summed E-state index contributed by atoms with van der Waals surface area (Å²) in [5.74, 6) is 0.856. The van der Waals surface area contributed by atoms with Crippen LogP contribution in [0.1, 0.15) is 72.6 Å². The fourth-order valence-electron chi connectivity index (χ4n) is 6.53. The zero-order valence-electron chi connectivity index (χ0n) is 24.3. The molecule has 5 rings (SSSR count). The van der Waals surface area contributed by atoms with E-state index in [1.807, 2.05) is 55.1 Å². The fourth-order valence-corrected chi connectivity index (χ4v) is 6.53. The van der Waals surface area contributed by atoms with Crippen molar-refractivity contribution in [2.24, 2.45) is 0 Å². The molecule has 3 heterocycles. The van der Waals surface area contributed by atoms with Crippen LogP contribution in [-0.2, 0) is 11.2 Å². The summed E-state index contributed by atoms with van der Waals surface area (Å²) in [7, 11) is 0. The minimum absolute atomic E-state index is 0.00985. The molecule has 0 aliphatic carbocycles. The Bertz CT molecular complexity index is 1190. The molecular formula is C32H44N4O4. The first-order valence-electron chi connectivity index (χ1n) is 15.1. The lowest BCUT2D eigenvalue weighted by atomic mass is 9.75. The number of benzene rings is 2. The Morgan fingerprint density at radius 3 is 2.27 bits per heavy atom. The van der Waals surface area contributed by atoms with Crippen LogP contribution in [0, 0.1) is 0 Å². The topological polar surface area (TPSA) is 74.4 Å². The largest absolute Gasteiger partial charge is 0.490 e. The Hall–Kier alpha value is -3.10. The summed E-state index contributed by atoms with van der Waals surface area (Å²) in [4.78, 5) is 34.5. The highest BCUT2D eigenvalue weighted by Gasteiger charge is 2.46. The van der Waals surface area contributed by atoms with Crippen molar-refractivity contribution in [3.05, 3.63) is 58.7 Å². The van der Waals surface area contributed by atoms with Gasteiger partial charge in [0, 0.05) is 44.8 Å². The number of piperazine rings is 1. The van der Waals surface area contributed by atoms with E-state index in [0.29, 0.717) is 44.0 Å². The van der Waals surface area contributed by atoms with Crippen LogP contribution in [-0.4, -0.2) is 92.1 Å². The van der Waals surface area contributed by atoms with Gasteiger partial charge in [-0.2, -0.15) is 0 Å². The molecule has 40 heavy (non-hydrogen) atoms. The van der Waals surface area contributed by atoms with E-state index in [0.717, 1.165) is 61.6 Å². The zero-order valence-corrected chi connectivity index (χ0v) is 24.3. The number of hydrogen-bond donors (Lipinski definition) is 1. The molecule has 1 fully saturated rings. The number of ether oxygens (including phenoxy) is 2. The summed E-state index contributed by atoms with van der Waals surface area (Å²) in [6.45, 7) is 15.0. The predicted octanol–water partition coefficient (Wildman–Crippen LogP) is 3.85. The van der Waals surface area contributed by atoms with Gasteiger partial charge in [0.05, 0.1) is 25.2 Å². The molecule has 2 amide bonds. The van der Waals surface area contributed by atoms with Crippen LogP contribution in [0.25, 0.3) is 0 Å². The Morgan fingerprint density at radius 1 is 0.900 bits per heavy atom. The molecule has 216 valence electrons. The molecule has 0 aromatic heterocycles. The lowest BCUT2D eigenvalue weighted by molar-refractivity contribution is -0.124. The molecule has 2 atom stereocenters. The molecule has 0 unspecified atom stereocenters. The molecule has 0 saturated carbocycles. The average molecular weight is 549 g/mol. The van der Waals surface area contributed by atoms with Crippen molar-refractivity contribution in [3.8, 4) is 11.5 Å². The molecule has 3 aliphatic rings. The number of nitrogens with one attached hydrogen (secondary N) is 1.